The number of hydrogen-bond donors (Lipinski definition) is 2. The molecule has 0 aliphatic rings. The highest BCUT2D eigenvalue weighted by molar-refractivity contribution is 7.93. The van der Waals surface area contributed by atoms with Crippen LogP contribution in [0.2, 0.25) is 0 Å². The maximum absolute atomic E-state index is 11.5. The Kier molecular flexibility index (Phi) is 6.06. The molecule has 6 nitrogen and oxygen atoms in total. The van der Waals surface area contributed by atoms with E-state index in [2.05, 4.69) is 4.72 Å². The monoisotopic (exact) mass is 287 g/mol. The van der Waals surface area contributed by atoms with Crippen LogP contribution in [0, 0.1) is 5.41 Å². The second-order valence-corrected chi connectivity index (χ2v) is 9.09. The van der Waals surface area contributed by atoms with E-state index < -0.39 is 25.6 Å². The number of rotatable bonds is 8. The van der Waals surface area contributed by atoms with Crippen LogP contribution in [-0.4, -0.2) is 52.9 Å². The van der Waals surface area contributed by atoms with Gasteiger partial charge in [0, 0.05) is 19.4 Å². The van der Waals surface area contributed by atoms with Crippen molar-refractivity contribution in [1.82, 2.24) is 4.72 Å². The first kappa shape index (κ1) is 16.8. The van der Waals surface area contributed by atoms with Crippen LogP contribution in [0.1, 0.15) is 20.3 Å². The van der Waals surface area contributed by atoms with Crippen LogP contribution in [0.3, 0.4) is 0 Å². The third kappa shape index (κ3) is 9.51. The lowest BCUT2D eigenvalue weighted by atomic mass is 9.90. The van der Waals surface area contributed by atoms with Gasteiger partial charge in [0.05, 0.1) is 11.5 Å². The summed E-state index contributed by atoms with van der Waals surface area (Å²) in [6.07, 6.45) is 1.47. The molecule has 0 bridgehead atoms. The van der Waals surface area contributed by atoms with Crippen LogP contribution in [0.15, 0.2) is 0 Å². The standard InChI is InChI=1S/C9H21NO5S2/c1-9(2,4-5-11)8-10-17(14,15)7-6-16(3,12)13/h10-11H,4-8H2,1-3H3. The van der Waals surface area contributed by atoms with Crippen molar-refractivity contribution in [3.05, 3.63) is 0 Å². The van der Waals surface area contributed by atoms with E-state index in [4.69, 9.17) is 5.11 Å². The Bertz CT molecular complexity index is 424. The molecule has 0 spiro atoms. The number of aliphatic hydroxyl groups is 1. The summed E-state index contributed by atoms with van der Waals surface area (Å²) in [6, 6.07) is 0. The molecule has 17 heavy (non-hydrogen) atoms. The molecule has 0 aromatic rings. The van der Waals surface area contributed by atoms with Gasteiger partial charge in [-0.2, -0.15) is 0 Å². The normalized spacial score (nSPS) is 13.9. The molecule has 0 aliphatic carbocycles. The average Bonchev–Trinajstić information content (AvgIpc) is 2.12. The molecule has 2 N–H and O–H groups in total. The molecule has 0 rings (SSSR count). The van der Waals surface area contributed by atoms with Gasteiger partial charge in [-0.1, -0.05) is 13.8 Å². The summed E-state index contributed by atoms with van der Waals surface area (Å²) in [4.78, 5) is 0. The van der Waals surface area contributed by atoms with Crippen molar-refractivity contribution in [2.24, 2.45) is 5.41 Å². The summed E-state index contributed by atoms with van der Waals surface area (Å²) in [6.45, 7) is 3.81. The third-order valence-electron chi connectivity index (χ3n) is 2.28. The molecule has 0 amide bonds. The van der Waals surface area contributed by atoms with Crippen LogP contribution in [0.4, 0.5) is 0 Å². The molecule has 0 atom stereocenters. The van der Waals surface area contributed by atoms with Gasteiger partial charge >= 0.3 is 0 Å². The predicted molar refractivity (Wildman–Crippen MR) is 67.0 cm³/mol. The molecular formula is C9H21NO5S2. The minimum absolute atomic E-state index is 0.0158. The second-order valence-electron chi connectivity index (χ2n) is 4.91. The quantitative estimate of drug-likeness (QED) is 0.618. The Balaban J connectivity index is 4.29. The zero-order valence-corrected chi connectivity index (χ0v) is 12.1. The maximum atomic E-state index is 11.5. The fourth-order valence-corrected chi connectivity index (χ4v) is 3.87. The minimum Gasteiger partial charge on any atom is -0.396 e. The maximum Gasteiger partial charge on any atom is 0.212 e. The van der Waals surface area contributed by atoms with E-state index in [0.717, 1.165) is 6.26 Å². The average molecular weight is 287 g/mol. The summed E-state index contributed by atoms with van der Waals surface area (Å²) in [7, 11) is -6.86. The van der Waals surface area contributed by atoms with Gasteiger partial charge in [-0.3, -0.25) is 0 Å². The zero-order valence-electron chi connectivity index (χ0n) is 10.4. The van der Waals surface area contributed by atoms with E-state index in [0.29, 0.717) is 6.42 Å². The largest absolute Gasteiger partial charge is 0.396 e. The van der Waals surface area contributed by atoms with Crippen LogP contribution < -0.4 is 4.72 Å². The predicted octanol–water partition coefficient (Wildman–Crippen LogP) is -0.641. The minimum atomic E-state index is -3.58. The Labute approximate surface area is 103 Å². The summed E-state index contributed by atoms with van der Waals surface area (Å²) in [5.74, 6) is -0.816. The van der Waals surface area contributed by atoms with E-state index >= 15 is 0 Å². The van der Waals surface area contributed by atoms with E-state index in [9.17, 15) is 16.8 Å². The van der Waals surface area contributed by atoms with Crippen molar-refractivity contribution in [1.29, 1.82) is 0 Å². The number of sulfone groups is 1. The highest BCUT2D eigenvalue weighted by Crippen LogP contribution is 2.18. The van der Waals surface area contributed by atoms with Crippen LogP contribution in [0.5, 0.6) is 0 Å². The lowest BCUT2D eigenvalue weighted by Gasteiger charge is -2.23. The third-order valence-corrected chi connectivity index (χ3v) is 4.81. The van der Waals surface area contributed by atoms with E-state index in [1.54, 1.807) is 0 Å². The number of sulfonamides is 1. The molecule has 0 heterocycles. The molecule has 0 aromatic heterocycles. The highest BCUT2D eigenvalue weighted by Gasteiger charge is 2.21. The Morgan fingerprint density at radius 1 is 1.12 bits per heavy atom. The van der Waals surface area contributed by atoms with Crippen molar-refractivity contribution in [2.75, 3.05) is 30.9 Å². The SMILES string of the molecule is CC(C)(CCO)CNS(=O)(=O)CCS(C)(=O)=O. The second kappa shape index (κ2) is 6.12. The smallest absolute Gasteiger partial charge is 0.212 e. The van der Waals surface area contributed by atoms with Gasteiger partial charge in [-0.05, 0) is 11.8 Å². The lowest BCUT2D eigenvalue weighted by Crippen LogP contribution is -2.37. The zero-order chi connectivity index (χ0) is 13.7. The van der Waals surface area contributed by atoms with Crippen molar-refractivity contribution in [3.63, 3.8) is 0 Å². The molecular weight excluding hydrogens is 266 g/mol. The topological polar surface area (TPSA) is 101 Å². The van der Waals surface area contributed by atoms with Crippen molar-refractivity contribution < 1.29 is 21.9 Å². The van der Waals surface area contributed by atoms with Gasteiger partial charge in [0.2, 0.25) is 10.0 Å². The summed E-state index contributed by atoms with van der Waals surface area (Å²) < 4.78 is 47.0. The first-order valence-electron chi connectivity index (χ1n) is 5.23. The lowest BCUT2D eigenvalue weighted by molar-refractivity contribution is 0.213. The fourth-order valence-electron chi connectivity index (χ4n) is 1.03. The molecule has 8 heteroatoms. The molecule has 0 fully saturated rings. The van der Waals surface area contributed by atoms with E-state index in [1.165, 1.54) is 0 Å². The summed E-state index contributed by atoms with van der Waals surface area (Å²) in [5, 5.41) is 8.78. The highest BCUT2D eigenvalue weighted by atomic mass is 32.2. The molecule has 0 aliphatic heterocycles. The molecule has 104 valence electrons. The molecule has 0 aromatic carbocycles. The van der Waals surface area contributed by atoms with E-state index in [-0.39, 0.29) is 24.3 Å². The van der Waals surface area contributed by atoms with Crippen LogP contribution in [0.25, 0.3) is 0 Å². The number of hydrogen-bond acceptors (Lipinski definition) is 5. The molecule has 0 unspecified atom stereocenters. The molecule has 0 saturated heterocycles. The first-order valence-corrected chi connectivity index (χ1v) is 8.95. The van der Waals surface area contributed by atoms with Gasteiger partial charge in [0.25, 0.3) is 0 Å². The number of aliphatic hydroxyl groups excluding tert-OH is 1. The van der Waals surface area contributed by atoms with Crippen molar-refractivity contribution in [2.45, 2.75) is 20.3 Å². The van der Waals surface area contributed by atoms with Crippen LogP contribution >= 0.6 is 0 Å². The van der Waals surface area contributed by atoms with Gasteiger partial charge in [0.15, 0.2) is 0 Å². The van der Waals surface area contributed by atoms with Crippen LogP contribution in [-0.2, 0) is 19.9 Å². The van der Waals surface area contributed by atoms with Crippen molar-refractivity contribution >= 4 is 19.9 Å². The van der Waals surface area contributed by atoms with Gasteiger partial charge < -0.3 is 5.11 Å². The number of nitrogens with one attached hydrogen (secondary N) is 1. The summed E-state index contributed by atoms with van der Waals surface area (Å²) >= 11 is 0. The van der Waals surface area contributed by atoms with Gasteiger partial charge in [0.1, 0.15) is 9.84 Å². The Morgan fingerprint density at radius 2 is 1.65 bits per heavy atom. The summed E-state index contributed by atoms with van der Waals surface area (Å²) in [5.41, 5.74) is -0.354. The van der Waals surface area contributed by atoms with Gasteiger partial charge in [-0.15, -0.1) is 0 Å². The molecule has 0 saturated carbocycles. The van der Waals surface area contributed by atoms with Crippen molar-refractivity contribution in [3.8, 4) is 0 Å². The first-order chi connectivity index (χ1) is 7.47. The fraction of sp³-hybridized carbons (Fsp3) is 1.00. The molecule has 0 radical (unpaired) electrons. The van der Waals surface area contributed by atoms with E-state index in [1.807, 2.05) is 13.8 Å². The Morgan fingerprint density at radius 3 is 2.06 bits per heavy atom. The Hall–Kier alpha value is -0.180. The van der Waals surface area contributed by atoms with Gasteiger partial charge in [-0.25, -0.2) is 21.6 Å².